The molecular formula is C19H27NO3. The third-order valence-electron chi connectivity index (χ3n) is 3.03. The third-order valence-corrected chi connectivity index (χ3v) is 3.03. The molecule has 23 heavy (non-hydrogen) atoms. The van der Waals surface area contributed by atoms with Gasteiger partial charge in [-0.3, -0.25) is 4.90 Å². The first-order valence-corrected chi connectivity index (χ1v) is 7.72. The van der Waals surface area contributed by atoms with E-state index in [4.69, 9.17) is 9.47 Å². The van der Waals surface area contributed by atoms with Gasteiger partial charge in [0, 0.05) is 6.54 Å². The SMILES string of the molecule is C=CCN(C(=O)OC(C)(C)C)[C@@H](C=C)COCc1ccccc1. The summed E-state index contributed by atoms with van der Waals surface area (Å²) in [5.41, 5.74) is 0.537. The molecule has 0 aliphatic rings. The van der Waals surface area contributed by atoms with Gasteiger partial charge in [0.25, 0.3) is 0 Å². The fraction of sp³-hybridized carbons (Fsp3) is 0.421. The van der Waals surface area contributed by atoms with Crippen LogP contribution in [0.25, 0.3) is 0 Å². The summed E-state index contributed by atoms with van der Waals surface area (Å²) in [6.45, 7) is 14.2. The van der Waals surface area contributed by atoms with E-state index in [1.165, 1.54) is 0 Å². The first-order valence-electron chi connectivity index (χ1n) is 7.72. The molecule has 0 N–H and O–H groups in total. The quantitative estimate of drug-likeness (QED) is 0.675. The first kappa shape index (κ1) is 19.0. The van der Waals surface area contributed by atoms with Gasteiger partial charge in [-0.25, -0.2) is 4.79 Å². The van der Waals surface area contributed by atoms with Crippen LogP contribution in [0.1, 0.15) is 26.3 Å². The molecule has 1 aromatic carbocycles. The van der Waals surface area contributed by atoms with E-state index in [0.717, 1.165) is 5.56 Å². The predicted molar refractivity (Wildman–Crippen MR) is 93.2 cm³/mol. The maximum atomic E-state index is 12.3. The van der Waals surface area contributed by atoms with Crippen LogP contribution < -0.4 is 0 Å². The van der Waals surface area contributed by atoms with E-state index in [-0.39, 0.29) is 6.04 Å². The number of nitrogens with zero attached hydrogens (tertiary/aromatic N) is 1. The molecule has 0 bridgehead atoms. The summed E-state index contributed by atoms with van der Waals surface area (Å²) < 4.78 is 11.2. The van der Waals surface area contributed by atoms with Crippen LogP contribution >= 0.6 is 0 Å². The molecule has 4 nitrogen and oxygen atoms in total. The number of amides is 1. The molecule has 0 fully saturated rings. The van der Waals surface area contributed by atoms with E-state index in [1.54, 1.807) is 17.1 Å². The molecule has 0 aliphatic heterocycles. The van der Waals surface area contributed by atoms with Gasteiger partial charge in [-0.05, 0) is 26.3 Å². The number of carbonyl (C=O) groups excluding carboxylic acids is 1. The summed E-state index contributed by atoms with van der Waals surface area (Å²) in [4.78, 5) is 13.9. The number of hydrogen-bond acceptors (Lipinski definition) is 3. The summed E-state index contributed by atoms with van der Waals surface area (Å²) in [5, 5.41) is 0. The van der Waals surface area contributed by atoms with Crippen LogP contribution in [-0.2, 0) is 16.1 Å². The van der Waals surface area contributed by atoms with Crippen LogP contribution in [0.3, 0.4) is 0 Å². The predicted octanol–water partition coefficient (Wildman–Crippen LogP) is 4.18. The molecule has 0 saturated heterocycles. The van der Waals surface area contributed by atoms with Crippen molar-refractivity contribution < 1.29 is 14.3 Å². The zero-order valence-corrected chi connectivity index (χ0v) is 14.3. The van der Waals surface area contributed by atoms with Crippen LogP contribution in [0, 0.1) is 0 Å². The Kier molecular flexibility index (Phi) is 7.55. The van der Waals surface area contributed by atoms with Gasteiger partial charge in [0.05, 0.1) is 19.3 Å². The maximum Gasteiger partial charge on any atom is 0.411 e. The Morgan fingerprint density at radius 3 is 2.43 bits per heavy atom. The summed E-state index contributed by atoms with van der Waals surface area (Å²) in [5.74, 6) is 0. The summed E-state index contributed by atoms with van der Waals surface area (Å²) in [6.07, 6.45) is 2.96. The third kappa shape index (κ3) is 7.15. The van der Waals surface area contributed by atoms with E-state index in [9.17, 15) is 4.79 Å². The lowest BCUT2D eigenvalue weighted by Crippen LogP contribution is -2.44. The van der Waals surface area contributed by atoms with Crippen molar-refractivity contribution in [3.05, 3.63) is 61.2 Å². The van der Waals surface area contributed by atoms with Crippen molar-refractivity contribution >= 4 is 6.09 Å². The monoisotopic (exact) mass is 317 g/mol. The fourth-order valence-electron chi connectivity index (χ4n) is 1.96. The van der Waals surface area contributed by atoms with Crippen LogP contribution in [0.15, 0.2) is 55.6 Å². The Hall–Kier alpha value is -2.07. The van der Waals surface area contributed by atoms with Crippen molar-refractivity contribution in [1.82, 2.24) is 4.90 Å². The molecule has 0 heterocycles. The number of ether oxygens (including phenoxy) is 2. The highest BCUT2D eigenvalue weighted by molar-refractivity contribution is 5.69. The highest BCUT2D eigenvalue weighted by Gasteiger charge is 2.26. The van der Waals surface area contributed by atoms with Gasteiger partial charge in [0.1, 0.15) is 5.60 Å². The van der Waals surface area contributed by atoms with E-state index >= 15 is 0 Å². The molecular weight excluding hydrogens is 290 g/mol. The van der Waals surface area contributed by atoms with Crippen LogP contribution in [0.5, 0.6) is 0 Å². The highest BCUT2D eigenvalue weighted by Crippen LogP contribution is 2.13. The molecule has 0 spiro atoms. The molecule has 0 saturated carbocycles. The molecule has 1 rings (SSSR count). The molecule has 4 heteroatoms. The Labute approximate surface area is 139 Å². The van der Waals surface area contributed by atoms with Gasteiger partial charge in [-0.15, -0.1) is 13.2 Å². The van der Waals surface area contributed by atoms with Crippen molar-refractivity contribution in [2.45, 2.75) is 39.0 Å². The molecule has 0 unspecified atom stereocenters. The zero-order valence-electron chi connectivity index (χ0n) is 14.3. The lowest BCUT2D eigenvalue weighted by molar-refractivity contribution is 0.00948. The minimum Gasteiger partial charge on any atom is -0.444 e. The van der Waals surface area contributed by atoms with Crippen molar-refractivity contribution in [3.8, 4) is 0 Å². The van der Waals surface area contributed by atoms with Gasteiger partial charge < -0.3 is 9.47 Å². The molecule has 1 atom stereocenters. The number of carbonyl (C=O) groups is 1. The molecule has 1 aromatic rings. The average molecular weight is 317 g/mol. The van der Waals surface area contributed by atoms with E-state index < -0.39 is 11.7 Å². The van der Waals surface area contributed by atoms with Crippen molar-refractivity contribution in [1.29, 1.82) is 0 Å². The average Bonchev–Trinajstić information content (AvgIpc) is 2.49. The second-order valence-electron chi connectivity index (χ2n) is 6.23. The lowest BCUT2D eigenvalue weighted by Gasteiger charge is -2.31. The summed E-state index contributed by atoms with van der Waals surface area (Å²) in [7, 11) is 0. The van der Waals surface area contributed by atoms with Crippen LogP contribution in [0.4, 0.5) is 4.79 Å². The number of rotatable bonds is 8. The van der Waals surface area contributed by atoms with Gasteiger partial charge in [0.2, 0.25) is 0 Å². The minimum absolute atomic E-state index is 0.272. The van der Waals surface area contributed by atoms with Crippen LogP contribution in [-0.4, -0.2) is 35.8 Å². The maximum absolute atomic E-state index is 12.3. The highest BCUT2D eigenvalue weighted by atomic mass is 16.6. The molecule has 0 aliphatic carbocycles. The van der Waals surface area contributed by atoms with Gasteiger partial charge in [-0.2, -0.15) is 0 Å². The van der Waals surface area contributed by atoms with E-state index in [2.05, 4.69) is 13.2 Å². The Morgan fingerprint density at radius 2 is 1.91 bits per heavy atom. The topological polar surface area (TPSA) is 38.8 Å². The van der Waals surface area contributed by atoms with Crippen molar-refractivity contribution in [3.63, 3.8) is 0 Å². The Bertz CT molecular complexity index is 505. The second kappa shape index (κ2) is 9.16. The normalized spacial score (nSPS) is 12.3. The van der Waals surface area contributed by atoms with Gasteiger partial charge >= 0.3 is 6.09 Å². The fourth-order valence-corrected chi connectivity index (χ4v) is 1.96. The number of benzene rings is 1. The summed E-state index contributed by atoms with van der Waals surface area (Å²) in [6, 6.07) is 9.62. The molecule has 0 aromatic heterocycles. The molecule has 126 valence electrons. The summed E-state index contributed by atoms with van der Waals surface area (Å²) >= 11 is 0. The molecule has 0 radical (unpaired) electrons. The standard InChI is InChI=1S/C19H27NO3/c1-6-13-20(18(21)23-19(3,4)5)17(7-2)15-22-14-16-11-9-8-10-12-16/h6-12,17H,1-2,13-15H2,3-5H3/t17-/m0/s1. The van der Waals surface area contributed by atoms with Gasteiger partial charge in [0.15, 0.2) is 0 Å². The minimum atomic E-state index is -0.548. The zero-order chi connectivity index (χ0) is 17.3. The smallest absolute Gasteiger partial charge is 0.411 e. The van der Waals surface area contributed by atoms with Crippen molar-refractivity contribution in [2.24, 2.45) is 0 Å². The second-order valence-corrected chi connectivity index (χ2v) is 6.23. The number of hydrogen-bond donors (Lipinski definition) is 0. The van der Waals surface area contributed by atoms with Crippen LogP contribution in [0.2, 0.25) is 0 Å². The Morgan fingerprint density at radius 1 is 1.26 bits per heavy atom. The molecule has 1 amide bonds. The van der Waals surface area contributed by atoms with E-state index in [0.29, 0.717) is 19.8 Å². The largest absolute Gasteiger partial charge is 0.444 e. The first-order chi connectivity index (χ1) is 10.9. The Balaban J connectivity index is 2.64. The van der Waals surface area contributed by atoms with Gasteiger partial charge in [-0.1, -0.05) is 42.5 Å². The lowest BCUT2D eigenvalue weighted by atomic mass is 10.2. The van der Waals surface area contributed by atoms with E-state index in [1.807, 2.05) is 51.1 Å². The van der Waals surface area contributed by atoms with Crippen molar-refractivity contribution in [2.75, 3.05) is 13.2 Å².